The van der Waals surface area contributed by atoms with Gasteiger partial charge < -0.3 is 10.6 Å². The number of nitrogens with zero attached hydrogens (tertiary/aromatic N) is 1. The van der Waals surface area contributed by atoms with E-state index in [1.165, 1.54) is 12.0 Å². The molecule has 0 aromatic heterocycles. The van der Waals surface area contributed by atoms with Crippen molar-refractivity contribution in [2.75, 3.05) is 25.9 Å². The van der Waals surface area contributed by atoms with Crippen LogP contribution in [0.3, 0.4) is 0 Å². The lowest BCUT2D eigenvalue weighted by molar-refractivity contribution is 0.266. The summed E-state index contributed by atoms with van der Waals surface area (Å²) in [5.41, 5.74) is 8.05. The topological polar surface area (TPSA) is 29.3 Å². The van der Waals surface area contributed by atoms with Crippen LogP contribution in [0.25, 0.3) is 0 Å². The number of nitrogen functional groups attached to an aromatic ring is 1. The van der Waals surface area contributed by atoms with E-state index >= 15 is 0 Å². The first-order chi connectivity index (χ1) is 8.45. The zero-order valence-corrected chi connectivity index (χ0v) is 11.9. The molecule has 0 spiro atoms. The van der Waals surface area contributed by atoms with Gasteiger partial charge in [-0.1, -0.05) is 32.1 Å². The smallest absolute Gasteiger partial charge is 0.0314 e. The minimum atomic E-state index is 0.149. The highest BCUT2D eigenvalue weighted by Gasteiger charge is 2.22. The maximum Gasteiger partial charge on any atom is 0.0314 e. The van der Waals surface area contributed by atoms with Crippen molar-refractivity contribution in [1.29, 1.82) is 0 Å². The Morgan fingerprint density at radius 2 is 1.89 bits per heavy atom. The summed E-state index contributed by atoms with van der Waals surface area (Å²) in [7, 11) is 2.18. The predicted octanol–water partition coefficient (Wildman–Crippen LogP) is 3.44. The number of nitrogens with two attached hydrogens (primary N) is 1. The van der Waals surface area contributed by atoms with E-state index in [9.17, 15) is 0 Å². The standard InChI is InChI=1S/C16H26N2/c1-5-6-7-12-18(4)13-16(2,3)14-8-10-15(17)11-9-14/h5,8-11H,1,6-7,12-13,17H2,2-4H3. The summed E-state index contributed by atoms with van der Waals surface area (Å²) in [4.78, 5) is 2.39. The van der Waals surface area contributed by atoms with Gasteiger partial charge in [0.2, 0.25) is 0 Å². The van der Waals surface area contributed by atoms with Crippen LogP contribution < -0.4 is 5.73 Å². The minimum absolute atomic E-state index is 0.149. The third kappa shape index (κ3) is 4.53. The zero-order valence-electron chi connectivity index (χ0n) is 11.9. The summed E-state index contributed by atoms with van der Waals surface area (Å²) in [5, 5.41) is 0. The Morgan fingerprint density at radius 1 is 1.28 bits per heavy atom. The normalized spacial score (nSPS) is 11.8. The molecule has 2 N–H and O–H groups in total. The van der Waals surface area contributed by atoms with Gasteiger partial charge in [0.25, 0.3) is 0 Å². The fourth-order valence-corrected chi connectivity index (χ4v) is 2.28. The lowest BCUT2D eigenvalue weighted by Gasteiger charge is -2.31. The van der Waals surface area contributed by atoms with Crippen LogP contribution in [0.4, 0.5) is 5.69 Å². The molecule has 0 bridgehead atoms. The molecule has 0 unspecified atom stereocenters. The Morgan fingerprint density at radius 3 is 2.44 bits per heavy atom. The Labute approximate surface area is 111 Å². The molecule has 1 aromatic rings. The molecule has 2 heteroatoms. The van der Waals surface area contributed by atoms with Gasteiger partial charge >= 0.3 is 0 Å². The summed E-state index contributed by atoms with van der Waals surface area (Å²) in [5.74, 6) is 0. The average molecular weight is 246 g/mol. The summed E-state index contributed by atoms with van der Waals surface area (Å²) < 4.78 is 0. The molecule has 0 aliphatic rings. The van der Waals surface area contributed by atoms with Crippen LogP contribution in [0, 0.1) is 0 Å². The van der Waals surface area contributed by atoms with Crippen LogP contribution in [0.1, 0.15) is 32.3 Å². The van der Waals surface area contributed by atoms with Crippen LogP contribution in [0.5, 0.6) is 0 Å². The van der Waals surface area contributed by atoms with E-state index in [4.69, 9.17) is 5.73 Å². The highest BCUT2D eigenvalue weighted by atomic mass is 15.1. The van der Waals surface area contributed by atoms with Gasteiger partial charge in [-0.3, -0.25) is 0 Å². The molecular formula is C16H26N2. The van der Waals surface area contributed by atoms with Gasteiger partial charge in [0.05, 0.1) is 0 Å². The van der Waals surface area contributed by atoms with Crippen molar-refractivity contribution in [1.82, 2.24) is 4.90 Å². The van der Waals surface area contributed by atoms with Crippen molar-refractivity contribution in [2.45, 2.75) is 32.1 Å². The van der Waals surface area contributed by atoms with Crippen molar-refractivity contribution < 1.29 is 0 Å². The van der Waals surface area contributed by atoms with Crippen LogP contribution >= 0.6 is 0 Å². The van der Waals surface area contributed by atoms with Gasteiger partial charge in [0, 0.05) is 17.6 Å². The number of anilines is 1. The van der Waals surface area contributed by atoms with Gasteiger partial charge in [0.15, 0.2) is 0 Å². The number of allylic oxidation sites excluding steroid dienone is 1. The molecule has 0 fully saturated rings. The highest BCUT2D eigenvalue weighted by molar-refractivity contribution is 5.41. The van der Waals surface area contributed by atoms with E-state index in [1.54, 1.807) is 0 Å². The summed E-state index contributed by atoms with van der Waals surface area (Å²) in [6.45, 7) is 10.5. The van der Waals surface area contributed by atoms with E-state index in [1.807, 2.05) is 18.2 Å². The first-order valence-corrected chi connectivity index (χ1v) is 6.61. The van der Waals surface area contributed by atoms with Crippen LogP contribution in [0.2, 0.25) is 0 Å². The SMILES string of the molecule is C=CCCCN(C)CC(C)(C)c1ccc(N)cc1. The van der Waals surface area contributed by atoms with Gasteiger partial charge in [0.1, 0.15) is 0 Å². The second-order valence-corrected chi connectivity index (χ2v) is 5.67. The Bertz CT molecular complexity index is 365. The van der Waals surface area contributed by atoms with Crippen molar-refractivity contribution >= 4 is 5.69 Å². The van der Waals surface area contributed by atoms with E-state index in [-0.39, 0.29) is 5.41 Å². The zero-order chi connectivity index (χ0) is 13.6. The molecule has 1 aromatic carbocycles. The molecule has 2 nitrogen and oxygen atoms in total. The fourth-order valence-electron chi connectivity index (χ4n) is 2.28. The maximum atomic E-state index is 5.73. The second-order valence-electron chi connectivity index (χ2n) is 5.67. The van der Waals surface area contributed by atoms with Crippen LogP contribution in [0.15, 0.2) is 36.9 Å². The number of hydrogen-bond acceptors (Lipinski definition) is 2. The molecule has 18 heavy (non-hydrogen) atoms. The van der Waals surface area contributed by atoms with E-state index < -0.39 is 0 Å². The molecule has 0 aliphatic heterocycles. The average Bonchev–Trinajstić information content (AvgIpc) is 2.29. The lowest BCUT2D eigenvalue weighted by Crippen LogP contribution is -2.35. The first kappa shape index (κ1) is 14.8. The number of likely N-dealkylation sites (N-methyl/N-ethyl adjacent to an activating group) is 1. The van der Waals surface area contributed by atoms with Crippen molar-refractivity contribution in [2.24, 2.45) is 0 Å². The number of hydrogen-bond donors (Lipinski definition) is 1. The Balaban J connectivity index is 2.57. The summed E-state index contributed by atoms with van der Waals surface area (Å²) in [6, 6.07) is 8.23. The molecule has 0 aliphatic carbocycles. The van der Waals surface area contributed by atoms with Gasteiger partial charge in [-0.05, 0) is 44.1 Å². The van der Waals surface area contributed by atoms with Crippen LogP contribution in [-0.4, -0.2) is 25.0 Å². The molecular weight excluding hydrogens is 220 g/mol. The van der Waals surface area contributed by atoms with E-state index in [0.29, 0.717) is 0 Å². The third-order valence-corrected chi connectivity index (χ3v) is 3.31. The van der Waals surface area contributed by atoms with E-state index in [2.05, 4.69) is 44.5 Å². The quantitative estimate of drug-likeness (QED) is 0.453. The maximum absolute atomic E-state index is 5.73. The van der Waals surface area contributed by atoms with Crippen molar-refractivity contribution in [3.63, 3.8) is 0 Å². The minimum Gasteiger partial charge on any atom is -0.399 e. The van der Waals surface area contributed by atoms with Gasteiger partial charge in [-0.15, -0.1) is 6.58 Å². The molecule has 0 saturated heterocycles. The molecule has 0 heterocycles. The molecule has 0 saturated carbocycles. The molecule has 0 amide bonds. The first-order valence-electron chi connectivity index (χ1n) is 6.61. The lowest BCUT2D eigenvalue weighted by atomic mass is 9.84. The van der Waals surface area contributed by atoms with Crippen molar-refractivity contribution in [3.8, 4) is 0 Å². The molecule has 1 rings (SSSR count). The highest BCUT2D eigenvalue weighted by Crippen LogP contribution is 2.24. The number of unbranched alkanes of at least 4 members (excludes halogenated alkanes) is 1. The fraction of sp³-hybridized carbons (Fsp3) is 0.500. The number of benzene rings is 1. The summed E-state index contributed by atoms with van der Waals surface area (Å²) in [6.07, 6.45) is 4.25. The monoisotopic (exact) mass is 246 g/mol. The third-order valence-electron chi connectivity index (χ3n) is 3.31. The number of rotatable bonds is 7. The van der Waals surface area contributed by atoms with Gasteiger partial charge in [-0.25, -0.2) is 0 Å². The van der Waals surface area contributed by atoms with Gasteiger partial charge in [-0.2, -0.15) is 0 Å². The predicted molar refractivity (Wildman–Crippen MR) is 80.8 cm³/mol. The van der Waals surface area contributed by atoms with Crippen LogP contribution in [-0.2, 0) is 5.41 Å². The Kier molecular flexibility index (Phi) is 5.42. The molecule has 0 atom stereocenters. The Hall–Kier alpha value is -1.28. The van der Waals surface area contributed by atoms with E-state index in [0.717, 1.165) is 25.2 Å². The van der Waals surface area contributed by atoms with Crippen molar-refractivity contribution in [3.05, 3.63) is 42.5 Å². The largest absolute Gasteiger partial charge is 0.399 e. The molecule has 0 radical (unpaired) electrons. The second kappa shape index (κ2) is 6.60. The summed E-state index contributed by atoms with van der Waals surface area (Å²) >= 11 is 0. The molecule has 100 valence electrons.